The largest absolute Gasteiger partial charge is 0.497 e. The second-order valence-electron chi connectivity index (χ2n) is 9.56. The Kier molecular flexibility index (Phi) is 9.28. The number of carbonyl (C=O) groups excluding carboxylic acids is 1. The van der Waals surface area contributed by atoms with Crippen molar-refractivity contribution in [3.63, 3.8) is 0 Å². The number of methoxy groups -OCH3 is 1. The molecule has 0 bridgehead atoms. The number of nitrogens with zero attached hydrogens (tertiary/aromatic N) is 2. The topological polar surface area (TPSA) is 88.4 Å². The van der Waals surface area contributed by atoms with Crippen LogP contribution in [-0.2, 0) is 17.9 Å². The minimum atomic E-state index is -0.998. The first-order valence-corrected chi connectivity index (χ1v) is 14.9. The third-order valence-corrected chi connectivity index (χ3v) is 8.35. The highest BCUT2D eigenvalue weighted by Crippen LogP contribution is 2.36. The molecule has 42 heavy (non-hydrogen) atoms. The van der Waals surface area contributed by atoms with E-state index >= 15 is 0 Å². The van der Waals surface area contributed by atoms with E-state index in [-0.39, 0.29) is 18.0 Å². The smallest absolute Gasteiger partial charge is 0.335 e. The molecule has 0 radical (unpaired) electrons. The number of aryl methyl sites for hydroxylation is 1. The summed E-state index contributed by atoms with van der Waals surface area (Å²) in [7, 11) is 1.60. The molecule has 0 aliphatic carbocycles. The second-order valence-corrected chi connectivity index (χ2v) is 11.7. The Morgan fingerprint density at radius 1 is 0.976 bits per heavy atom. The van der Waals surface area contributed by atoms with Gasteiger partial charge in [-0.1, -0.05) is 48.0 Å². The maximum Gasteiger partial charge on any atom is 0.335 e. The maximum absolute atomic E-state index is 13.6. The molecule has 9 heteroatoms. The van der Waals surface area contributed by atoms with Gasteiger partial charge in [0.2, 0.25) is 0 Å². The number of hydrogen-bond donors (Lipinski definition) is 1. The molecule has 1 saturated heterocycles. The van der Waals surface area contributed by atoms with Gasteiger partial charge in [0.15, 0.2) is 5.17 Å². The van der Waals surface area contributed by atoms with Crippen molar-refractivity contribution in [2.24, 2.45) is 4.99 Å². The van der Waals surface area contributed by atoms with E-state index in [1.165, 1.54) is 29.5 Å². The number of aliphatic imine (C=N–C) groups is 1. The van der Waals surface area contributed by atoms with E-state index in [1.807, 2.05) is 48.5 Å². The van der Waals surface area contributed by atoms with Crippen LogP contribution in [0.5, 0.6) is 11.5 Å². The zero-order valence-electron chi connectivity index (χ0n) is 22.9. The molecule has 1 aliphatic rings. The first-order chi connectivity index (χ1) is 20.3. The van der Waals surface area contributed by atoms with Gasteiger partial charge in [-0.3, -0.25) is 9.69 Å². The lowest BCUT2D eigenvalue weighted by molar-refractivity contribution is -0.122. The van der Waals surface area contributed by atoms with Crippen LogP contribution in [0.2, 0.25) is 0 Å². The van der Waals surface area contributed by atoms with E-state index in [9.17, 15) is 14.7 Å². The molecule has 0 spiro atoms. The maximum atomic E-state index is 13.6. The molecular formula is C33H27IN2O5S. The summed E-state index contributed by atoms with van der Waals surface area (Å²) >= 11 is 3.55. The number of carbonyl (C=O) groups is 2. The summed E-state index contributed by atoms with van der Waals surface area (Å²) < 4.78 is 12.2. The van der Waals surface area contributed by atoms with Crippen molar-refractivity contribution in [1.82, 2.24) is 4.90 Å². The SMILES string of the molecule is COc1ccc(N=C2S/C(=C\c3ccc(OCc4ccc(C)cc4)c(I)c3)C(=O)N2Cc2ccc(C(=O)O)cc2)cc1. The average Bonchev–Trinajstić information content (AvgIpc) is 3.27. The van der Waals surface area contributed by atoms with Gasteiger partial charge < -0.3 is 14.6 Å². The third kappa shape index (κ3) is 7.21. The van der Waals surface area contributed by atoms with Gasteiger partial charge in [0.1, 0.15) is 18.1 Å². The van der Waals surface area contributed by atoms with Crippen LogP contribution >= 0.6 is 34.4 Å². The van der Waals surface area contributed by atoms with E-state index in [0.29, 0.717) is 28.1 Å². The lowest BCUT2D eigenvalue weighted by Gasteiger charge is -2.16. The van der Waals surface area contributed by atoms with Crippen molar-refractivity contribution in [1.29, 1.82) is 0 Å². The number of halogens is 1. The molecule has 7 nitrogen and oxygen atoms in total. The molecule has 1 amide bonds. The van der Waals surface area contributed by atoms with Gasteiger partial charge in [-0.25, -0.2) is 9.79 Å². The molecule has 1 aliphatic heterocycles. The predicted octanol–water partition coefficient (Wildman–Crippen LogP) is 7.69. The van der Waals surface area contributed by atoms with E-state index in [0.717, 1.165) is 26.0 Å². The third-order valence-electron chi connectivity index (χ3n) is 6.50. The minimum Gasteiger partial charge on any atom is -0.497 e. The number of carboxylic acid groups (broad SMARTS) is 1. The molecule has 1 heterocycles. The standard InChI is InChI=1S/C33H27IN2O5S/c1-21-3-5-23(6-4-21)20-41-29-16-9-24(17-28(29)34)18-30-31(37)36(19-22-7-10-25(11-8-22)32(38)39)33(42-30)35-26-12-14-27(40-2)15-13-26/h3-18H,19-20H2,1-2H3,(H,38,39)/b30-18-,35-33?. The Bertz CT molecular complexity index is 1670. The lowest BCUT2D eigenvalue weighted by atomic mass is 10.1. The molecule has 1 fully saturated rings. The van der Waals surface area contributed by atoms with Crippen molar-refractivity contribution in [3.8, 4) is 11.5 Å². The predicted molar refractivity (Wildman–Crippen MR) is 174 cm³/mol. The van der Waals surface area contributed by atoms with Crippen LogP contribution < -0.4 is 9.47 Å². The van der Waals surface area contributed by atoms with Crippen molar-refractivity contribution in [3.05, 3.63) is 127 Å². The quantitative estimate of drug-likeness (QED) is 0.143. The first kappa shape index (κ1) is 29.4. The van der Waals surface area contributed by atoms with Crippen LogP contribution in [0.4, 0.5) is 5.69 Å². The van der Waals surface area contributed by atoms with E-state index < -0.39 is 5.97 Å². The Hall–Kier alpha value is -4.09. The monoisotopic (exact) mass is 690 g/mol. The van der Waals surface area contributed by atoms with Gasteiger partial charge in [0.05, 0.1) is 33.4 Å². The number of amides is 1. The van der Waals surface area contributed by atoms with Crippen LogP contribution in [0.3, 0.4) is 0 Å². The number of carboxylic acids is 1. The van der Waals surface area contributed by atoms with Crippen molar-refractivity contribution >= 4 is 63.2 Å². The second kappa shape index (κ2) is 13.3. The number of rotatable bonds is 9. The molecule has 1 N–H and O–H groups in total. The van der Waals surface area contributed by atoms with Crippen LogP contribution in [0.15, 0.2) is 101 Å². The van der Waals surface area contributed by atoms with Crippen LogP contribution in [0.25, 0.3) is 6.08 Å². The summed E-state index contributed by atoms with van der Waals surface area (Å²) in [4.78, 5) is 31.8. The molecule has 0 saturated carbocycles. The Balaban J connectivity index is 1.39. The highest BCUT2D eigenvalue weighted by molar-refractivity contribution is 14.1. The summed E-state index contributed by atoms with van der Waals surface area (Å²) in [5, 5.41) is 9.77. The summed E-state index contributed by atoms with van der Waals surface area (Å²) in [5.41, 5.74) is 4.84. The molecule has 0 aromatic heterocycles. The molecule has 0 atom stereocenters. The molecule has 212 valence electrons. The number of amidine groups is 1. The normalized spacial score (nSPS) is 14.9. The van der Waals surface area contributed by atoms with Gasteiger partial charge in [0.25, 0.3) is 5.91 Å². The molecular weight excluding hydrogens is 663 g/mol. The van der Waals surface area contributed by atoms with Gasteiger partial charge in [-0.2, -0.15) is 0 Å². The van der Waals surface area contributed by atoms with Crippen LogP contribution in [0.1, 0.15) is 32.6 Å². The summed E-state index contributed by atoms with van der Waals surface area (Å²) in [6.07, 6.45) is 1.86. The molecule has 4 aromatic rings. The highest BCUT2D eigenvalue weighted by Gasteiger charge is 2.33. The number of thioether (sulfide) groups is 1. The van der Waals surface area contributed by atoms with E-state index in [4.69, 9.17) is 14.5 Å². The van der Waals surface area contributed by atoms with E-state index in [1.54, 1.807) is 24.1 Å². The number of hydrogen-bond acceptors (Lipinski definition) is 6. The van der Waals surface area contributed by atoms with Gasteiger partial charge in [-0.05, 0) is 113 Å². The highest BCUT2D eigenvalue weighted by atomic mass is 127. The summed E-state index contributed by atoms with van der Waals surface area (Å²) in [6, 6.07) is 27.9. The Morgan fingerprint density at radius 2 is 1.67 bits per heavy atom. The van der Waals surface area contributed by atoms with Crippen molar-refractivity contribution < 1.29 is 24.2 Å². The fourth-order valence-electron chi connectivity index (χ4n) is 4.15. The van der Waals surface area contributed by atoms with Gasteiger partial charge in [0, 0.05) is 0 Å². The number of aromatic carboxylic acids is 1. The average molecular weight is 691 g/mol. The molecule has 0 unspecified atom stereocenters. The first-order valence-electron chi connectivity index (χ1n) is 13.0. The van der Waals surface area contributed by atoms with Crippen LogP contribution in [-0.4, -0.2) is 34.2 Å². The Labute approximate surface area is 262 Å². The zero-order valence-corrected chi connectivity index (χ0v) is 25.9. The molecule has 4 aromatic carbocycles. The number of benzene rings is 4. The van der Waals surface area contributed by atoms with Crippen molar-refractivity contribution in [2.75, 3.05) is 7.11 Å². The fraction of sp³-hybridized carbons (Fsp3) is 0.121. The zero-order chi connectivity index (χ0) is 29.6. The Morgan fingerprint density at radius 3 is 2.31 bits per heavy atom. The fourth-order valence-corrected chi connectivity index (χ4v) is 5.85. The van der Waals surface area contributed by atoms with Gasteiger partial charge >= 0.3 is 5.97 Å². The van der Waals surface area contributed by atoms with Crippen molar-refractivity contribution in [2.45, 2.75) is 20.1 Å². The van der Waals surface area contributed by atoms with Crippen LogP contribution in [0, 0.1) is 10.5 Å². The van der Waals surface area contributed by atoms with Gasteiger partial charge in [-0.15, -0.1) is 0 Å². The summed E-state index contributed by atoms with van der Waals surface area (Å²) in [6.45, 7) is 2.78. The van der Waals surface area contributed by atoms with E-state index in [2.05, 4.69) is 53.8 Å². The molecule has 5 rings (SSSR count). The minimum absolute atomic E-state index is 0.177. The number of ether oxygens (including phenoxy) is 2. The summed E-state index contributed by atoms with van der Waals surface area (Å²) in [5.74, 6) is 0.315. The lowest BCUT2D eigenvalue weighted by Crippen LogP contribution is -2.28.